The summed E-state index contributed by atoms with van der Waals surface area (Å²) in [4.78, 5) is 12.7. The average Bonchev–Trinajstić information content (AvgIpc) is 2.90. The largest absolute Gasteiger partial charge is 0.473 e. The normalized spacial score (nSPS) is 18.6. The predicted molar refractivity (Wildman–Crippen MR) is 63.7 cm³/mol. The lowest BCUT2D eigenvalue weighted by atomic mass is 10.1. The second kappa shape index (κ2) is 4.33. The van der Waals surface area contributed by atoms with Gasteiger partial charge in [0.05, 0.1) is 0 Å². The highest BCUT2D eigenvalue weighted by atomic mass is 16.5. The van der Waals surface area contributed by atoms with E-state index in [4.69, 9.17) is 4.74 Å². The van der Waals surface area contributed by atoms with Crippen molar-refractivity contribution in [1.29, 1.82) is 0 Å². The maximum Gasteiger partial charge on any atom is 0.255 e. The van der Waals surface area contributed by atoms with Crippen LogP contribution in [-0.4, -0.2) is 22.5 Å². The first-order valence-corrected chi connectivity index (χ1v) is 5.46. The molecule has 0 saturated heterocycles. The molecule has 1 aliphatic heterocycles. The van der Waals surface area contributed by atoms with Gasteiger partial charge in [-0.15, -0.1) is 0 Å². The third kappa shape index (κ3) is 2.01. The van der Waals surface area contributed by atoms with Gasteiger partial charge in [-0.1, -0.05) is 30.3 Å². The molecule has 0 saturated carbocycles. The van der Waals surface area contributed by atoms with E-state index >= 15 is 0 Å². The third-order valence-corrected chi connectivity index (χ3v) is 2.59. The molecule has 4 heteroatoms. The smallest absolute Gasteiger partial charge is 0.255 e. The fraction of sp³-hybridized carbons (Fsp3) is 0.154. The minimum absolute atomic E-state index is 0.0509. The lowest BCUT2D eigenvalue weighted by Gasteiger charge is -2.03. The number of nitrogens with zero attached hydrogens (tertiary/aromatic N) is 3. The van der Waals surface area contributed by atoms with Crippen LogP contribution in [0.5, 0.6) is 0 Å². The maximum atomic E-state index is 5.53. The summed E-state index contributed by atoms with van der Waals surface area (Å²) in [5.41, 5.74) is 1.15. The summed E-state index contributed by atoms with van der Waals surface area (Å²) in [7, 11) is 0. The van der Waals surface area contributed by atoms with Gasteiger partial charge in [0.1, 0.15) is 12.6 Å². The zero-order valence-corrected chi connectivity index (χ0v) is 9.15. The van der Waals surface area contributed by atoms with Crippen molar-refractivity contribution in [3.63, 3.8) is 0 Å². The van der Waals surface area contributed by atoms with E-state index in [1.165, 1.54) is 0 Å². The molecule has 1 unspecified atom stereocenters. The summed E-state index contributed by atoms with van der Waals surface area (Å²) in [6.07, 6.45) is 3.37. The summed E-state index contributed by atoms with van der Waals surface area (Å²) >= 11 is 0. The first-order valence-electron chi connectivity index (χ1n) is 5.46. The Labute approximate surface area is 99.0 Å². The maximum absolute atomic E-state index is 5.53. The molecule has 1 aromatic heterocycles. The summed E-state index contributed by atoms with van der Waals surface area (Å²) < 4.78 is 5.53. The van der Waals surface area contributed by atoms with Gasteiger partial charge in [0.2, 0.25) is 5.82 Å². The van der Waals surface area contributed by atoms with E-state index in [0.29, 0.717) is 18.3 Å². The van der Waals surface area contributed by atoms with Gasteiger partial charge in [-0.25, -0.2) is 15.0 Å². The summed E-state index contributed by atoms with van der Waals surface area (Å²) in [6.45, 7) is 0.553. The first-order chi connectivity index (χ1) is 8.43. The molecule has 0 aliphatic carbocycles. The predicted octanol–water partition coefficient (Wildman–Crippen LogP) is 1.99. The molecule has 1 aliphatic rings. The SMILES string of the molecule is c1ccc(C2COC(c3ncccn3)=N2)cc1. The molecule has 0 radical (unpaired) electrons. The van der Waals surface area contributed by atoms with Crippen molar-refractivity contribution >= 4 is 5.90 Å². The summed E-state index contributed by atoms with van der Waals surface area (Å²) in [6, 6.07) is 11.9. The van der Waals surface area contributed by atoms with Crippen LogP contribution in [0.2, 0.25) is 0 Å². The molecule has 2 heterocycles. The van der Waals surface area contributed by atoms with Crippen LogP contribution < -0.4 is 0 Å². The van der Waals surface area contributed by atoms with Crippen molar-refractivity contribution in [1.82, 2.24) is 9.97 Å². The highest BCUT2D eigenvalue weighted by Gasteiger charge is 2.22. The molecule has 3 rings (SSSR count). The minimum atomic E-state index is 0.0509. The molecule has 0 spiro atoms. The van der Waals surface area contributed by atoms with E-state index in [-0.39, 0.29) is 6.04 Å². The van der Waals surface area contributed by atoms with Gasteiger partial charge in [0.25, 0.3) is 5.90 Å². The van der Waals surface area contributed by atoms with Crippen LogP contribution >= 0.6 is 0 Å². The quantitative estimate of drug-likeness (QED) is 0.785. The van der Waals surface area contributed by atoms with Crippen molar-refractivity contribution in [3.05, 3.63) is 60.2 Å². The number of rotatable bonds is 2. The molecule has 0 bridgehead atoms. The van der Waals surface area contributed by atoms with E-state index in [1.807, 2.05) is 30.3 Å². The molecule has 0 amide bonds. The molecule has 2 aromatic rings. The van der Waals surface area contributed by atoms with Gasteiger partial charge in [0, 0.05) is 12.4 Å². The van der Waals surface area contributed by atoms with Gasteiger partial charge in [-0.05, 0) is 11.6 Å². The number of benzene rings is 1. The standard InChI is InChI=1S/C13H11N3O/c1-2-5-10(6-3-1)11-9-17-13(16-11)12-14-7-4-8-15-12/h1-8,11H,9H2. The highest BCUT2D eigenvalue weighted by Crippen LogP contribution is 2.23. The van der Waals surface area contributed by atoms with Crippen LogP contribution in [0.3, 0.4) is 0 Å². The molecular weight excluding hydrogens is 214 g/mol. The van der Waals surface area contributed by atoms with E-state index in [9.17, 15) is 0 Å². The average molecular weight is 225 g/mol. The Kier molecular flexibility index (Phi) is 2.54. The van der Waals surface area contributed by atoms with Crippen LogP contribution in [0.4, 0.5) is 0 Å². The van der Waals surface area contributed by atoms with Gasteiger partial charge < -0.3 is 4.74 Å². The van der Waals surface area contributed by atoms with Crippen molar-refractivity contribution < 1.29 is 4.74 Å². The Morgan fingerprint density at radius 1 is 1.00 bits per heavy atom. The van der Waals surface area contributed by atoms with Crippen LogP contribution in [-0.2, 0) is 4.74 Å². The lowest BCUT2D eigenvalue weighted by Crippen LogP contribution is -2.05. The number of ether oxygens (including phenoxy) is 1. The number of hydrogen-bond acceptors (Lipinski definition) is 4. The molecule has 4 nitrogen and oxygen atoms in total. The van der Waals surface area contributed by atoms with Crippen molar-refractivity contribution in [2.45, 2.75) is 6.04 Å². The van der Waals surface area contributed by atoms with Crippen LogP contribution in [0.1, 0.15) is 17.4 Å². The summed E-state index contributed by atoms with van der Waals surface area (Å²) in [5, 5.41) is 0. The number of aliphatic imine (C=N–C) groups is 1. The number of hydrogen-bond donors (Lipinski definition) is 0. The van der Waals surface area contributed by atoms with Gasteiger partial charge in [-0.2, -0.15) is 0 Å². The zero-order valence-electron chi connectivity index (χ0n) is 9.15. The topological polar surface area (TPSA) is 47.4 Å². The van der Waals surface area contributed by atoms with Crippen LogP contribution in [0.15, 0.2) is 53.8 Å². The van der Waals surface area contributed by atoms with Crippen molar-refractivity contribution in [3.8, 4) is 0 Å². The molecule has 1 atom stereocenters. The van der Waals surface area contributed by atoms with Crippen LogP contribution in [0.25, 0.3) is 0 Å². The van der Waals surface area contributed by atoms with Gasteiger partial charge >= 0.3 is 0 Å². The lowest BCUT2D eigenvalue weighted by molar-refractivity contribution is 0.318. The third-order valence-electron chi connectivity index (χ3n) is 2.59. The fourth-order valence-electron chi connectivity index (χ4n) is 1.75. The highest BCUT2D eigenvalue weighted by molar-refractivity contribution is 5.91. The Morgan fingerprint density at radius 2 is 1.76 bits per heavy atom. The molecule has 84 valence electrons. The van der Waals surface area contributed by atoms with E-state index in [1.54, 1.807) is 18.5 Å². The van der Waals surface area contributed by atoms with E-state index < -0.39 is 0 Å². The zero-order chi connectivity index (χ0) is 11.5. The Bertz CT molecular complexity index is 525. The molecule has 17 heavy (non-hydrogen) atoms. The monoisotopic (exact) mass is 225 g/mol. The van der Waals surface area contributed by atoms with Crippen molar-refractivity contribution in [2.75, 3.05) is 6.61 Å². The van der Waals surface area contributed by atoms with Crippen molar-refractivity contribution in [2.24, 2.45) is 4.99 Å². The number of aromatic nitrogens is 2. The van der Waals surface area contributed by atoms with Crippen LogP contribution in [0, 0.1) is 0 Å². The molecule has 0 fully saturated rings. The second-order valence-electron chi connectivity index (χ2n) is 3.74. The Hall–Kier alpha value is -2.23. The first kappa shape index (κ1) is 9.96. The Morgan fingerprint density at radius 3 is 2.53 bits per heavy atom. The fourth-order valence-corrected chi connectivity index (χ4v) is 1.75. The van der Waals surface area contributed by atoms with E-state index in [2.05, 4.69) is 15.0 Å². The molecular formula is C13H11N3O. The molecule has 0 N–H and O–H groups in total. The minimum Gasteiger partial charge on any atom is -0.473 e. The van der Waals surface area contributed by atoms with Gasteiger partial charge in [0.15, 0.2) is 0 Å². The summed E-state index contributed by atoms with van der Waals surface area (Å²) in [5.74, 6) is 1.07. The van der Waals surface area contributed by atoms with Gasteiger partial charge in [-0.3, -0.25) is 0 Å². The second-order valence-corrected chi connectivity index (χ2v) is 3.74. The Balaban J connectivity index is 1.87. The van der Waals surface area contributed by atoms with E-state index in [0.717, 1.165) is 5.56 Å². The molecule has 1 aromatic carbocycles.